The van der Waals surface area contributed by atoms with Crippen LogP contribution in [-0.2, 0) is 0 Å². The number of para-hydroxylation sites is 2. The number of aromatic nitrogens is 1. The molecular weight excluding hydrogens is 552 g/mol. The van der Waals surface area contributed by atoms with E-state index in [1.54, 1.807) is 0 Å². The van der Waals surface area contributed by atoms with Crippen molar-refractivity contribution in [3.8, 4) is 27.9 Å². The van der Waals surface area contributed by atoms with Crippen LogP contribution in [0, 0.1) is 6.92 Å². The van der Waals surface area contributed by atoms with Gasteiger partial charge in [-0.2, -0.15) is 0 Å². The van der Waals surface area contributed by atoms with Crippen molar-refractivity contribution in [2.45, 2.75) is 6.92 Å². The second-order valence-corrected chi connectivity index (χ2v) is 11.0. The third-order valence-corrected chi connectivity index (χ3v) is 8.14. The van der Waals surface area contributed by atoms with Crippen molar-refractivity contribution in [1.29, 1.82) is 0 Å². The van der Waals surface area contributed by atoms with E-state index in [-0.39, 0.29) is 0 Å². The minimum absolute atomic E-state index is 1.06. The Bertz CT molecular complexity index is 1970. The highest BCUT2D eigenvalue weighted by atomic mass is 79.9. The molecule has 40 heavy (non-hydrogen) atoms. The molecule has 7 rings (SSSR count). The standard InChI is InChI=1S/C37H27BrN2/c1-25-16-19-28(20-17-25)39-29-23-33(27-18-21-31(35(38)22-27)26-10-4-2-5-11-26)37-34(24-29)32-14-8-9-15-36(32)40(37)30-12-6-3-7-13-30/h2-24,39H,1H3. The number of fused-ring (bicyclic) bond motifs is 3. The highest BCUT2D eigenvalue weighted by molar-refractivity contribution is 9.10. The Balaban J connectivity index is 1.51. The lowest BCUT2D eigenvalue weighted by Gasteiger charge is -2.15. The molecule has 0 aliphatic carbocycles. The van der Waals surface area contributed by atoms with Crippen LogP contribution in [0.3, 0.4) is 0 Å². The minimum Gasteiger partial charge on any atom is -0.355 e. The van der Waals surface area contributed by atoms with Crippen molar-refractivity contribution in [1.82, 2.24) is 4.57 Å². The second kappa shape index (κ2) is 10.2. The quantitative estimate of drug-likeness (QED) is 0.215. The summed E-state index contributed by atoms with van der Waals surface area (Å²) in [6, 6.07) is 49.7. The third-order valence-electron chi connectivity index (χ3n) is 7.49. The second-order valence-electron chi connectivity index (χ2n) is 10.2. The molecular formula is C37H27BrN2. The van der Waals surface area contributed by atoms with Gasteiger partial charge in [0.05, 0.1) is 11.0 Å². The lowest BCUT2D eigenvalue weighted by Crippen LogP contribution is -1.97. The SMILES string of the molecule is Cc1ccc(Nc2cc(-c3ccc(-c4ccccc4)c(Br)c3)c3c(c2)c2ccccc2n3-c2ccccc2)cc1. The molecule has 0 unspecified atom stereocenters. The van der Waals surface area contributed by atoms with E-state index in [1.165, 1.54) is 44.1 Å². The van der Waals surface area contributed by atoms with Crippen molar-refractivity contribution < 1.29 is 0 Å². The molecule has 0 saturated carbocycles. The van der Waals surface area contributed by atoms with Gasteiger partial charge >= 0.3 is 0 Å². The fourth-order valence-corrected chi connectivity index (χ4v) is 6.18. The number of anilines is 2. The Kier molecular flexibility index (Phi) is 6.22. The minimum atomic E-state index is 1.06. The Hall–Kier alpha value is -4.60. The summed E-state index contributed by atoms with van der Waals surface area (Å²) in [7, 11) is 0. The van der Waals surface area contributed by atoms with Crippen molar-refractivity contribution in [3.63, 3.8) is 0 Å². The van der Waals surface area contributed by atoms with E-state index >= 15 is 0 Å². The predicted molar refractivity (Wildman–Crippen MR) is 174 cm³/mol. The molecule has 0 saturated heterocycles. The predicted octanol–water partition coefficient (Wildman–Crippen LogP) is 10.9. The molecule has 0 spiro atoms. The van der Waals surface area contributed by atoms with Gasteiger partial charge in [0.15, 0.2) is 0 Å². The summed E-state index contributed by atoms with van der Waals surface area (Å²) >= 11 is 3.90. The number of hydrogen-bond donors (Lipinski definition) is 1. The first-order valence-corrected chi connectivity index (χ1v) is 14.3. The molecule has 0 aliphatic rings. The number of benzene rings is 6. The zero-order valence-corrected chi connectivity index (χ0v) is 23.7. The fourth-order valence-electron chi connectivity index (χ4n) is 5.57. The molecule has 0 amide bonds. The molecule has 2 nitrogen and oxygen atoms in total. The van der Waals surface area contributed by atoms with Gasteiger partial charge in [-0.1, -0.05) is 112 Å². The molecule has 1 heterocycles. The zero-order valence-electron chi connectivity index (χ0n) is 22.1. The monoisotopic (exact) mass is 578 g/mol. The first-order chi connectivity index (χ1) is 19.7. The van der Waals surface area contributed by atoms with Crippen molar-refractivity contribution in [2.24, 2.45) is 0 Å². The number of hydrogen-bond acceptors (Lipinski definition) is 1. The maximum atomic E-state index is 3.90. The highest BCUT2D eigenvalue weighted by Crippen LogP contribution is 2.42. The van der Waals surface area contributed by atoms with Crippen molar-refractivity contribution in [2.75, 3.05) is 5.32 Å². The molecule has 1 N–H and O–H groups in total. The van der Waals surface area contributed by atoms with Gasteiger partial charge in [0.25, 0.3) is 0 Å². The Labute approximate surface area is 242 Å². The molecule has 0 bridgehead atoms. The van der Waals surface area contributed by atoms with Crippen LogP contribution in [0.1, 0.15) is 5.56 Å². The number of halogens is 1. The topological polar surface area (TPSA) is 17.0 Å². The summed E-state index contributed by atoms with van der Waals surface area (Å²) in [5.74, 6) is 0. The largest absolute Gasteiger partial charge is 0.355 e. The van der Waals surface area contributed by atoms with E-state index in [9.17, 15) is 0 Å². The summed E-state index contributed by atoms with van der Waals surface area (Å²) in [4.78, 5) is 0. The fraction of sp³-hybridized carbons (Fsp3) is 0.0270. The van der Waals surface area contributed by atoms with E-state index in [1.807, 2.05) is 0 Å². The van der Waals surface area contributed by atoms with Gasteiger partial charge in [0.2, 0.25) is 0 Å². The maximum absolute atomic E-state index is 3.90. The lowest BCUT2D eigenvalue weighted by molar-refractivity contribution is 1.18. The average molecular weight is 580 g/mol. The first kappa shape index (κ1) is 24.4. The summed E-state index contributed by atoms with van der Waals surface area (Å²) < 4.78 is 3.47. The maximum Gasteiger partial charge on any atom is 0.0621 e. The van der Waals surface area contributed by atoms with Gasteiger partial charge < -0.3 is 9.88 Å². The molecule has 0 aliphatic heterocycles. The first-order valence-electron chi connectivity index (χ1n) is 13.5. The van der Waals surface area contributed by atoms with Crippen LogP contribution < -0.4 is 5.32 Å². The van der Waals surface area contributed by atoms with Crippen LogP contribution in [0.5, 0.6) is 0 Å². The molecule has 0 radical (unpaired) electrons. The third kappa shape index (κ3) is 4.39. The van der Waals surface area contributed by atoms with E-state index in [0.717, 1.165) is 27.1 Å². The van der Waals surface area contributed by atoms with Gasteiger partial charge in [0, 0.05) is 37.9 Å². The molecule has 7 aromatic rings. The molecule has 3 heteroatoms. The van der Waals surface area contributed by atoms with E-state index in [0.29, 0.717) is 0 Å². The number of nitrogens with zero attached hydrogens (tertiary/aromatic N) is 1. The summed E-state index contributed by atoms with van der Waals surface area (Å²) in [6.07, 6.45) is 0. The van der Waals surface area contributed by atoms with Crippen LogP contribution in [-0.4, -0.2) is 4.57 Å². The normalized spacial score (nSPS) is 11.2. The summed E-state index contributed by atoms with van der Waals surface area (Å²) in [5, 5.41) is 6.13. The van der Waals surface area contributed by atoms with Gasteiger partial charge in [-0.05, 0) is 72.1 Å². The molecule has 0 fully saturated rings. The lowest BCUT2D eigenvalue weighted by atomic mass is 9.97. The van der Waals surface area contributed by atoms with Crippen LogP contribution >= 0.6 is 15.9 Å². The summed E-state index contributed by atoms with van der Waals surface area (Å²) in [5.41, 5.74) is 11.6. The van der Waals surface area contributed by atoms with Crippen LogP contribution in [0.2, 0.25) is 0 Å². The van der Waals surface area contributed by atoms with Gasteiger partial charge in [0.1, 0.15) is 0 Å². The van der Waals surface area contributed by atoms with Gasteiger partial charge in [-0.15, -0.1) is 0 Å². The highest BCUT2D eigenvalue weighted by Gasteiger charge is 2.18. The Morgan fingerprint density at radius 2 is 1.25 bits per heavy atom. The van der Waals surface area contributed by atoms with Gasteiger partial charge in [-0.25, -0.2) is 0 Å². The Morgan fingerprint density at radius 1 is 0.550 bits per heavy atom. The smallest absolute Gasteiger partial charge is 0.0621 e. The number of aryl methyl sites for hydroxylation is 1. The molecule has 0 atom stereocenters. The van der Waals surface area contributed by atoms with E-state index < -0.39 is 0 Å². The Morgan fingerprint density at radius 3 is 2.00 bits per heavy atom. The zero-order chi connectivity index (χ0) is 27.1. The number of nitrogens with one attached hydrogen (secondary N) is 1. The van der Waals surface area contributed by atoms with Crippen molar-refractivity contribution in [3.05, 3.63) is 150 Å². The van der Waals surface area contributed by atoms with E-state index in [2.05, 4.69) is 172 Å². The average Bonchev–Trinajstić information content (AvgIpc) is 3.33. The molecule has 6 aromatic carbocycles. The summed E-state index contributed by atoms with van der Waals surface area (Å²) in [6.45, 7) is 2.11. The molecule has 192 valence electrons. The van der Waals surface area contributed by atoms with Gasteiger partial charge in [-0.3, -0.25) is 0 Å². The van der Waals surface area contributed by atoms with E-state index in [4.69, 9.17) is 0 Å². The van der Waals surface area contributed by atoms with Crippen LogP contribution in [0.25, 0.3) is 49.7 Å². The molecule has 1 aromatic heterocycles. The van der Waals surface area contributed by atoms with Crippen molar-refractivity contribution >= 4 is 49.1 Å². The van der Waals surface area contributed by atoms with Crippen LogP contribution in [0.4, 0.5) is 11.4 Å². The number of rotatable bonds is 5. The van der Waals surface area contributed by atoms with Crippen LogP contribution in [0.15, 0.2) is 144 Å².